The average Bonchev–Trinajstić information content (AvgIpc) is 2.95. The van der Waals surface area contributed by atoms with Crippen LogP contribution < -0.4 is 19.5 Å². The molecule has 2 amide bonds. The predicted molar refractivity (Wildman–Crippen MR) is 143 cm³/mol. The van der Waals surface area contributed by atoms with Gasteiger partial charge in [0.1, 0.15) is 12.4 Å². The molecular weight excluding hydrogens is 470 g/mol. The summed E-state index contributed by atoms with van der Waals surface area (Å²) in [4.78, 5) is 17.5. The highest BCUT2D eigenvalue weighted by molar-refractivity contribution is 5.91. The first-order chi connectivity index (χ1) is 18.2. The number of morpholine rings is 1. The van der Waals surface area contributed by atoms with E-state index in [-0.39, 0.29) is 6.03 Å². The fourth-order valence-electron chi connectivity index (χ4n) is 4.17. The maximum absolute atomic E-state index is 13.4. The number of rotatable bonds is 11. The number of nitrogens with zero attached hydrogens (tertiary/aromatic N) is 2. The Morgan fingerprint density at radius 2 is 1.62 bits per heavy atom. The third kappa shape index (κ3) is 7.62. The van der Waals surface area contributed by atoms with Gasteiger partial charge in [-0.1, -0.05) is 48.5 Å². The molecular formula is C29H35N3O5. The first-order valence-corrected chi connectivity index (χ1v) is 12.5. The van der Waals surface area contributed by atoms with E-state index in [1.54, 1.807) is 19.1 Å². The first-order valence-electron chi connectivity index (χ1n) is 12.5. The van der Waals surface area contributed by atoms with E-state index >= 15 is 0 Å². The van der Waals surface area contributed by atoms with Crippen LogP contribution in [0.3, 0.4) is 0 Å². The van der Waals surface area contributed by atoms with E-state index in [0.717, 1.165) is 44.0 Å². The summed E-state index contributed by atoms with van der Waals surface area (Å²) in [5.74, 6) is 1.91. The molecule has 1 saturated heterocycles. The van der Waals surface area contributed by atoms with Gasteiger partial charge < -0.3 is 29.2 Å². The monoisotopic (exact) mass is 505 g/mol. The van der Waals surface area contributed by atoms with Gasteiger partial charge in [0.25, 0.3) is 0 Å². The molecule has 0 bridgehead atoms. The van der Waals surface area contributed by atoms with Gasteiger partial charge in [-0.3, -0.25) is 4.90 Å². The van der Waals surface area contributed by atoms with Gasteiger partial charge in [-0.25, -0.2) is 4.79 Å². The van der Waals surface area contributed by atoms with Crippen LogP contribution in [0, 0.1) is 0 Å². The molecule has 8 nitrogen and oxygen atoms in total. The number of amides is 2. The summed E-state index contributed by atoms with van der Waals surface area (Å²) >= 11 is 0. The molecule has 8 heteroatoms. The van der Waals surface area contributed by atoms with E-state index in [2.05, 4.69) is 10.2 Å². The topological polar surface area (TPSA) is 72.5 Å². The van der Waals surface area contributed by atoms with Crippen LogP contribution in [-0.4, -0.2) is 69.4 Å². The van der Waals surface area contributed by atoms with Crippen LogP contribution in [0.5, 0.6) is 17.2 Å². The highest BCUT2D eigenvalue weighted by Crippen LogP contribution is 2.30. The number of nitrogens with one attached hydrogen (secondary N) is 1. The van der Waals surface area contributed by atoms with E-state index in [4.69, 9.17) is 18.9 Å². The second-order valence-electron chi connectivity index (χ2n) is 8.77. The second kappa shape index (κ2) is 13.5. The smallest absolute Gasteiger partial charge is 0.322 e. The maximum atomic E-state index is 13.4. The molecule has 3 aromatic carbocycles. The number of carbonyl (C=O) groups is 1. The van der Waals surface area contributed by atoms with Gasteiger partial charge in [-0.15, -0.1) is 0 Å². The molecule has 196 valence electrons. The summed E-state index contributed by atoms with van der Waals surface area (Å²) in [6, 6.07) is 23.0. The molecule has 1 fully saturated rings. The molecule has 0 unspecified atom stereocenters. The standard InChI is InChI=1S/C29H35N3O5/c1-34-26-11-7-6-10-25(26)30-29(33)32(15-14-31-16-18-36-19-17-31)21-24-12-13-27(28(20-24)35-2)37-22-23-8-4-3-5-9-23/h3-13,20H,14-19,21-22H2,1-2H3,(H,30,33). The molecule has 0 aliphatic carbocycles. The molecule has 0 atom stereocenters. The molecule has 1 aliphatic rings. The van der Waals surface area contributed by atoms with E-state index in [0.29, 0.717) is 42.6 Å². The van der Waals surface area contributed by atoms with Crippen molar-refractivity contribution in [3.63, 3.8) is 0 Å². The number of anilines is 1. The lowest BCUT2D eigenvalue weighted by Crippen LogP contribution is -2.44. The van der Waals surface area contributed by atoms with Crippen molar-refractivity contribution >= 4 is 11.7 Å². The van der Waals surface area contributed by atoms with Gasteiger partial charge in [0, 0.05) is 32.7 Å². The lowest BCUT2D eigenvalue weighted by atomic mass is 10.2. The molecule has 1 aliphatic heterocycles. The molecule has 4 rings (SSSR count). The van der Waals surface area contributed by atoms with Gasteiger partial charge in [-0.2, -0.15) is 0 Å². The number of urea groups is 1. The van der Waals surface area contributed by atoms with Crippen molar-refractivity contribution in [2.75, 3.05) is 58.9 Å². The minimum Gasteiger partial charge on any atom is -0.495 e. The average molecular weight is 506 g/mol. The van der Waals surface area contributed by atoms with Crippen molar-refractivity contribution in [2.45, 2.75) is 13.2 Å². The van der Waals surface area contributed by atoms with Gasteiger partial charge in [0.2, 0.25) is 0 Å². The number of carbonyl (C=O) groups excluding carboxylic acids is 1. The molecule has 0 aromatic heterocycles. The van der Waals surface area contributed by atoms with Crippen molar-refractivity contribution in [1.29, 1.82) is 0 Å². The molecule has 1 N–H and O–H groups in total. The minimum absolute atomic E-state index is 0.193. The van der Waals surface area contributed by atoms with E-state index in [1.165, 1.54) is 0 Å². The Balaban J connectivity index is 1.47. The zero-order chi connectivity index (χ0) is 25.9. The highest BCUT2D eigenvalue weighted by atomic mass is 16.5. The Bertz CT molecular complexity index is 1140. The van der Waals surface area contributed by atoms with Gasteiger partial charge in [0.15, 0.2) is 11.5 Å². The van der Waals surface area contributed by atoms with Crippen LogP contribution in [0.25, 0.3) is 0 Å². The largest absolute Gasteiger partial charge is 0.495 e. The van der Waals surface area contributed by atoms with Gasteiger partial charge in [-0.05, 0) is 35.4 Å². The van der Waals surface area contributed by atoms with Crippen LogP contribution in [0.2, 0.25) is 0 Å². The molecule has 1 heterocycles. The van der Waals surface area contributed by atoms with E-state index < -0.39 is 0 Å². The quantitative estimate of drug-likeness (QED) is 0.409. The van der Waals surface area contributed by atoms with Crippen LogP contribution in [0.4, 0.5) is 10.5 Å². The molecule has 3 aromatic rings. The molecule has 0 saturated carbocycles. The lowest BCUT2D eigenvalue weighted by molar-refractivity contribution is 0.0349. The van der Waals surface area contributed by atoms with Crippen molar-refractivity contribution < 1.29 is 23.7 Å². The molecule has 0 radical (unpaired) electrons. The van der Waals surface area contributed by atoms with Crippen molar-refractivity contribution in [3.8, 4) is 17.2 Å². The Hall–Kier alpha value is -3.75. The highest BCUT2D eigenvalue weighted by Gasteiger charge is 2.19. The van der Waals surface area contributed by atoms with Crippen molar-refractivity contribution in [2.24, 2.45) is 0 Å². The predicted octanol–water partition coefficient (Wildman–Crippen LogP) is 4.65. The Labute approximate surface area is 218 Å². The zero-order valence-corrected chi connectivity index (χ0v) is 21.5. The first kappa shape index (κ1) is 26.3. The number of ether oxygens (including phenoxy) is 4. The number of methoxy groups -OCH3 is 2. The number of hydrogen-bond acceptors (Lipinski definition) is 6. The summed E-state index contributed by atoms with van der Waals surface area (Å²) in [5.41, 5.74) is 2.66. The summed E-state index contributed by atoms with van der Waals surface area (Å²) in [7, 11) is 3.22. The fraction of sp³-hybridized carbons (Fsp3) is 0.345. The van der Waals surface area contributed by atoms with Crippen LogP contribution in [-0.2, 0) is 17.9 Å². The number of benzene rings is 3. The van der Waals surface area contributed by atoms with Crippen LogP contribution in [0.15, 0.2) is 72.8 Å². The van der Waals surface area contributed by atoms with Crippen LogP contribution >= 0.6 is 0 Å². The number of para-hydroxylation sites is 2. The van der Waals surface area contributed by atoms with Crippen molar-refractivity contribution in [3.05, 3.63) is 83.9 Å². The Morgan fingerprint density at radius 1 is 0.892 bits per heavy atom. The van der Waals surface area contributed by atoms with Crippen LogP contribution in [0.1, 0.15) is 11.1 Å². The third-order valence-corrected chi connectivity index (χ3v) is 6.26. The summed E-state index contributed by atoms with van der Waals surface area (Å²) in [6.45, 7) is 5.36. The third-order valence-electron chi connectivity index (χ3n) is 6.26. The second-order valence-corrected chi connectivity index (χ2v) is 8.77. The SMILES string of the molecule is COc1ccccc1NC(=O)N(CCN1CCOCC1)Cc1ccc(OCc2ccccc2)c(OC)c1. The fourth-order valence-corrected chi connectivity index (χ4v) is 4.17. The summed E-state index contributed by atoms with van der Waals surface area (Å²) in [6.07, 6.45) is 0. The minimum atomic E-state index is -0.193. The normalized spacial score (nSPS) is 13.6. The van der Waals surface area contributed by atoms with E-state index in [1.807, 2.05) is 72.8 Å². The maximum Gasteiger partial charge on any atom is 0.322 e. The zero-order valence-electron chi connectivity index (χ0n) is 21.5. The van der Waals surface area contributed by atoms with Gasteiger partial charge >= 0.3 is 6.03 Å². The van der Waals surface area contributed by atoms with Crippen molar-refractivity contribution in [1.82, 2.24) is 9.80 Å². The molecule has 0 spiro atoms. The van der Waals surface area contributed by atoms with Gasteiger partial charge in [0.05, 0.1) is 33.1 Å². The lowest BCUT2D eigenvalue weighted by Gasteiger charge is -2.30. The molecule has 37 heavy (non-hydrogen) atoms. The number of hydrogen-bond donors (Lipinski definition) is 1. The Kier molecular flexibility index (Phi) is 9.62. The summed E-state index contributed by atoms with van der Waals surface area (Å²) in [5, 5.41) is 3.01. The summed E-state index contributed by atoms with van der Waals surface area (Å²) < 4.78 is 22.5. The van der Waals surface area contributed by atoms with E-state index in [9.17, 15) is 4.79 Å². The Morgan fingerprint density at radius 3 is 2.38 bits per heavy atom.